The average molecular weight is 365 g/mol. The number of aromatic nitrogens is 4. The minimum Gasteiger partial charge on any atom is -0.311 e. The van der Waals surface area contributed by atoms with E-state index in [4.69, 9.17) is 0 Å². The molecule has 0 bridgehead atoms. The molecule has 1 unspecified atom stereocenters. The van der Waals surface area contributed by atoms with Gasteiger partial charge in [-0.05, 0) is 39.2 Å². The number of hydrogen-bond donors (Lipinski definition) is 2. The number of hydrogen-bond acceptors (Lipinski definition) is 5. The van der Waals surface area contributed by atoms with Crippen LogP contribution in [0.2, 0.25) is 0 Å². The molecule has 3 heterocycles. The first-order valence-electron chi connectivity index (χ1n) is 8.32. The van der Waals surface area contributed by atoms with Crippen molar-refractivity contribution in [3.05, 3.63) is 28.7 Å². The molecule has 2 aromatic heterocycles. The Kier molecular flexibility index (Phi) is 4.68. The van der Waals surface area contributed by atoms with Gasteiger partial charge in [0.15, 0.2) is 9.84 Å². The molecule has 3 rings (SSSR count). The van der Waals surface area contributed by atoms with Gasteiger partial charge in [0.25, 0.3) is 0 Å². The average Bonchev–Trinajstić information content (AvgIpc) is 3.16. The molecule has 9 heteroatoms. The molecule has 1 aliphatic heterocycles. The third-order valence-electron chi connectivity index (χ3n) is 4.56. The zero-order valence-electron chi connectivity index (χ0n) is 14.7. The first-order valence-corrected chi connectivity index (χ1v) is 10.1. The van der Waals surface area contributed by atoms with Crippen molar-refractivity contribution in [3.8, 4) is 0 Å². The lowest BCUT2D eigenvalue weighted by Crippen LogP contribution is -2.19. The van der Waals surface area contributed by atoms with Crippen molar-refractivity contribution in [2.24, 2.45) is 0 Å². The van der Waals surface area contributed by atoms with Gasteiger partial charge in [-0.2, -0.15) is 10.2 Å². The fraction of sp³-hybridized carbons (Fsp3) is 0.562. The predicted octanol–water partition coefficient (Wildman–Crippen LogP) is 1.46. The van der Waals surface area contributed by atoms with E-state index in [1.807, 2.05) is 20.8 Å². The summed E-state index contributed by atoms with van der Waals surface area (Å²) in [6.07, 6.45) is 1.46. The third-order valence-corrected chi connectivity index (χ3v) is 6.31. The van der Waals surface area contributed by atoms with Gasteiger partial charge in [0.05, 0.1) is 28.9 Å². The number of nitrogens with one attached hydrogen (secondary N) is 2. The molecule has 136 valence electrons. The summed E-state index contributed by atoms with van der Waals surface area (Å²) < 4.78 is 25.1. The van der Waals surface area contributed by atoms with E-state index in [1.54, 1.807) is 10.7 Å². The second-order valence-corrected chi connectivity index (χ2v) is 8.86. The van der Waals surface area contributed by atoms with Gasteiger partial charge in [-0.3, -0.25) is 9.89 Å². The van der Waals surface area contributed by atoms with E-state index in [-0.39, 0.29) is 23.5 Å². The van der Waals surface area contributed by atoms with Crippen LogP contribution in [0.5, 0.6) is 0 Å². The highest BCUT2D eigenvalue weighted by molar-refractivity contribution is 7.91. The molecule has 2 N–H and O–H groups in total. The maximum Gasteiger partial charge on any atom is 0.225 e. The Hall–Kier alpha value is -2.16. The molecule has 1 atom stereocenters. The molecular formula is C16H23N5O3S. The molecule has 1 fully saturated rings. The standard InChI is InChI=1S/C16H23N5O3S/c1-10-8-15(21(20-10)13-6-7-25(23,24)9-13)17-16(22)5-4-14-11(2)18-19-12(14)3/h8,13H,4-7,9H2,1-3H3,(H,17,22)(H,18,19). The lowest BCUT2D eigenvalue weighted by Gasteiger charge is -2.13. The third kappa shape index (κ3) is 3.92. The lowest BCUT2D eigenvalue weighted by atomic mass is 10.1. The first-order chi connectivity index (χ1) is 11.7. The van der Waals surface area contributed by atoms with Crippen molar-refractivity contribution in [3.63, 3.8) is 0 Å². The number of carbonyl (C=O) groups is 1. The zero-order valence-corrected chi connectivity index (χ0v) is 15.5. The van der Waals surface area contributed by atoms with Crippen molar-refractivity contribution in [1.82, 2.24) is 20.0 Å². The summed E-state index contributed by atoms with van der Waals surface area (Å²) in [5.74, 6) is 0.681. The Balaban J connectivity index is 1.68. The van der Waals surface area contributed by atoms with Crippen LogP contribution in [-0.2, 0) is 21.1 Å². The normalized spacial score (nSPS) is 19.2. The maximum absolute atomic E-state index is 12.3. The van der Waals surface area contributed by atoms with Crippen molar-refractivity contribution in [2.75, 3.05) is 16.8 Å². The molecule has 0 aliphatic carbocycles. The number of carbonyl (C=O) groups excluding carboxylic acids is 1. The van der Waals surface area contributed by atoms with Crippen LogP contribution in [-0.4, -0.2) is 45.8 Å². The van der Waals surface area contributed by atoms with Crippen molar-refractivity contribution < 1.29 is 13.2 Å². The Bertz CT molecular complexity index is 878. The maximum atomic E-state index is 12.3. The van der Waals surface area contributed by atoms with Crippen LogP contribution in [0.3, 0.4) is 0 Å². The summed E-state index contributed by atoms with van der Waals surface area (Å²) in [5, 5.41) is 14.3. The van der Waals surface area contributed by atoms with Gasteiger partial charge in [-0.15, -0.1) is 0 Å². The van der Waals surface area contributed by atoms with Crippen LogP contribution in [0.15, 0.2) is 6.07 Å². The van der Waals surface area contributed by atoms with Gasteiger partial charge < -0.3 is 5.32 Å². The number of aryl methyl sites for hydroxylation is 3. The van der Waals surface area contributed by atoms with Crippen LogP contribution in [0.25, 0.3) is 0 Å². The molecule has 0 aromatic carbocycles. The molecule has 1 aliphatic rings. The summed E-state index contributed by atoms with van der Waals surface area (Å²) in [6, 6.07) is 1.56. The van der Waals surface area contributed by atoms with Gasteiger partial charge in [0, 0.05) is 18.2 Å². The van der Waals surface area contributed by atoms with E-state index in [1.165, 1.54) is 0 Å². The fourth-order valence-corrected chi connectivity index (χ4v) is 4.93. The number of nitrogens with zero attached hydrogens (tertiary/aromatic N) is 3. The topological polar surface area (TPSA) is 110 Å². The van der Waals surface area contributed by atoms with E-state index in [2.05, 4.69) is 20.6 Å². The highest BCUT2D eigenvalue weighted by Gasteiger charge is 2.31. The minimum atomic E-state index is -3.01. The number of rotatable bonds is 5. The van der Waals surface area contributed by atoms with E-state index >= 15 is 0 Å². The number of sulfone groups is 1. The van der Waals surface area contributed by atoms with Crippen LogP contribution in [0, 0.1) is 20.8 Å². The van der Waals surface area contributed by atoms with Gasteiger partial charge in [-0.25, -0.2) is 13.1 Å². The number of H-pyrrole nitrogens is 1. The Morgan fingerprint density at radius 1 is 1.40 bits per heavy atom. The van der Waals surface area contributed by atoms with Crippen LogP contribution in [0.4, 0.5) is 5.82 Å². The summed E-state index contributed by atoms with van der Waals surface area (Å²) in [7, 11) is -3.01. The van der Waals surface area contributed by atoms with E-state index in [9.17, 15) is 13.2 Å². The summed E-state index contributed by atoms with van der Waals surface area (Å²) >= 11 is 0. The van der Waals surface area contributed by atoms with Crippen molar-refractivity contribution in [1.29, 1.82) is 0 Å². The minimum absolute atomic E-state index is 0.0738. The van der Waals surface area contributed by atoms with Crippen molar-refractivity contribution >= 4 is 21.6 Å². The number of aromatic amines is 1. The zero-order chi connectivity index (χ0) is 18.2. The fourth-order valence-electron chi connectivity index (χ4n) is 3.24. The summed E-state index contributed by atoms with van der Waals surface area (Å²) in [5.41, 5.74) is 3.69. The summed E-state index contributed by atoms with van der Waals surface area (Å²) in [6.45, 7) is 5.68. The van der Waals surface area contributed by atoms with Crippen LogP contribution in [0.1, 0.15) is 41.5 Å². The van der Waals surface area contributed by atoms with Crippen LogP contribution >= 0.6 is 0 Å². The highest BCUT2D eigenvalue weighted by atomic mass is 32.2. The second kappa shape index (κ2) is 6.62. The molecule has 2 aromatic rings. The van der Waals surface area contributed by atoms with Gasteiger partial charge >= 0.3 is 0 Å². The van der Waals surface area contributed by atoms with Gasteiger partial charge in [-0.1, -0.05) is 0 Å². The quantitative estimate of drug-likeness (QED) is 0.834. The number of amides is 1. The lowest BCUT2D eigenvalue weighted by molar-refractivity contribution is -0.116. The Labute approximate surface area is 146 Å². The molecule has 0 spiro atoms. The van der Waals surface area contributed by atoms with Gasteiger partial charge in [0.2, 0.25) is 5.91 Å². The highest BCUT2D eigenvalue weighted by Crippen LogP contribution is 2.27. The molecule has 0 saturated carbocycles. The van der Waals surface area contributed by atoms with E-state index < -0.39 is 9.84 Å². The smallest absolute Gasteiger partial charge is 0.225 e. The number of anilines is 1. The van der Waals surface area contributed by atoms with E-state index in [0.717, 1.165) is 22.6 Å². The van der Waals surface area contributed by atoms with Crippen molar-refractivity contribution in [2.45, 2.75) is 46.1 Å². The monoisotopic (exact) mass is 365 g/mol. The predicted molar refractivity (Wildman–Crippen MR) is 94.3 cm³/mol. The molecule has 8 nitrogen and oxygen atoms in total. The largest absolute Gasteiger partial charge is 0.311 e. The first kappa shape index (κ1) is 17.7. The molecule has 1 saturated heterocycles. The SMILES string of the molecule is Cc1cc(NC(=O)CCc2c(C)n[nH]c2C)n(C2CCS(=O)(=O)C2)n1. The molecule has 0 radical (unpaired) electrons. The Morgan fingerprint density at radius 3 is 2.76 bits per heavy atom. The van der Waals surface area contributed by atoms with Gasteiger partial charge in [0.1, 0.15) is 5.82 Å². The molecular weight excluding hydrogens is 342 g/mol. The van der Waals surface area contributed by atoms with E-state index in [0.29, 0.717) is 25.1 Å². The molecule has 1 amide bonds. The summed E-state index contributed by atoms with van der Waals surface area (Å²) in [4.78, 5) is 12.3. The van der Waals surface area contributed by atoms with Crippen LogP contribution < -0.4 is 5.32 Å². The second-order valence-electron chi connectivity index (χ2n) is 6.63. The Morgan fingerprint density at radius 2 is 2.16 bits per heavy atom. The molecule has 25 heavy (non-hydrogen) atoms.